The molecule has 23 heavy (non-hydrogen) atoms. The molecule has 1 aromatic heterocycles. The van der Waals surface area contributed by atoms with Crippen LogP contribution >= 0.6 is 0 Å². The van der Waals surface area contributed by atoms with Gasteiger partial charge in [0.1, 0.15) is 5.82 Å². The van der Waals surface area contributed by atoms with Gasteiger partial charge in [-0.2, -0.15) is 4.98 Å². The van der Waals surface area contributed by atoms with Crippen molar-refractivity contribution in [2.45, 2.75) is 52.5 Å². The third kappa shape index (κ3) is 3.46. The van der Waals surface area contributed by atoms with E-state index in [1.54, 1.807) is 0 Å². The average Bonchev–Trinajstić information content (AvgIpc) is 2.72. The summed E-state index contributed by atoms with van der Waals surface area (Å²) in [5.74, 6) is 1.32. The predicted octanol–water partition coefficient (Wildman–Crippen LogP) is 4.11. The van der Waals surface area contributed by atoms with Gasteiger partial charge in [0, 0.05) is 18.3 Å². The van der Waals surface area contributed by atoms with Gasteiger partial charge in [0.05, 0.1) is 6.04 Å². The Morgan fingerprint density at radius 1 is 1.04 bits per heavy atom. The van der Waals surface area contributed by atoms with E-state index >= 15 is 0 Å². The number of nitrogen functional groups attached to an aromatic ring is 1. The lowest BCUT2D eigenvalue weighted by Crippen LogP contribution is -2.30. The van der Waals surface area contributed by atoms with Crippen LogP contribution in [0.1, 0.15) is 54.1 Å². The van der Waals surface area contributed by atoms with Gasteiger partial charge in [0.15, 0.2) is 0 Å². The van der Waals surface area contributed by atoms with Crippen LogP contribution in [-0.4, -0.2) is 16.5 Å². The number of hydrogen-bond donors (Lipinski definition) is 1. The van der Waals surface area contributed by atoms with Crippen LogP contribution in [0.25, 0.3) is 0 Å². The van der Waals surface area contributed by atoms with E-state index in [4.69, 9.17) is 5.73 Å². The molecule has 1 aliphatic heterocycles. The Hall–Kier alpha value is -2.10. The zero-order valence-electron chi connectivity index (χ0n) is 14.3. The smallest absolute Gasteiger partial charge is 0.222 e. The van der Waals surface area contributed by atoms with Crippen LogP contribution in [0.2, 0.25) is 0 Å². The highest BCUT2D eigenvalue weighted by Gasteiger charge is 2.25. The summed E-state index contributed by atoms with van der Waals surface area (Å²) in [6.07, 6.45) is 4.89. The number of aryl methyl sites for hydroxylation is 3. The number of anilines is 2. The highest BCUT2D eigenvalue weighted by atomic mass is 15.2. The van der Waals surface area contributed by atoms with E-state index < -0.39 is 0 Å². The highest BCUT2D eigenvalue weighted by molar-refractivity contribution is 5.48. The van der Waals surface area contributed by atoms with Gasteiger partial charge in [-0.25, -0.2) is 4.98 Å². The summed E-state index contributed by atoms with van der Waals surface area (Å²) in [5, 5.41) is 0. The Morgan fingerprint density at radius 3 is 2.61 bits per heavy atom. The molecule has 0 aliphatic carbocycles. The van der Waals surface area contributed by atoms with Crippen LogP contribution in [0.4, 0.5) is 11.8 Å². The average molecular weight is 310 g/mol. The number of nitrogens with zero attached hydrogens (tertiary/aromatic N) is 3. The van der Waals surface area contributed by atoms with Crippen molar-refractivity contribution >= 4 is 11.8 Å². The molecule has 4 heteroatoms. The van der Waals surface area contributed by atoms with Gasteiger partial charge in [-0.05, 0) is 44.7 Å². The first-order valence-corrected chi connectivity index (χ1v) is 8.49. The quantitative estimate of drug-likeness (QED) is 0.907. The molecule has 1 aromatic carbocycles. The van der Waals surface area contributed by atoms with Crippen LogP contribution in [0, 0.1) is 20.8 Å². The normalized spacial score (nSPS) is 18.7. The van der Waals surface area contributed by atoms with E-state index in [0.29, 0.717) is 12.0 Å². The molecular weight excluding hydrogens is 284 g/mol. The summed E-state index contributed by atoms with van der Waals surface area (Å²) < 4.78 is 0. The molecule has 2 heterocycles. The minimum absolute atomic E-state index is 0.364. The molecule has 3 rings (SSSR count). The lowest BCUT2D eigenvalue weighted by atomic mass is 9.95. The maximum atomic E-state index is 5.89. The molecule has 1 aliphatic rings. The van der Waals surface area contributed by atoms with Crippen molar-refractivity contribution in [1.82, 2.24) is 9.97 Å². The summed E-state index contributed by atoms with van der Waals surface area (Å²) >= 11 is 0. The van der Waals surface area contributed by atoms with Crippen molar-refractivity contribution in [2.24, 2.45) is 0 Å². The zero-order valence-corrected chi connectivity index (χ0v) is 14.3. The van der Waals surface area contributed by atoms with Crippen molar-refractivity contribution in [3.8, 4) is 0 Å². The Balaban J connectivity index is 2.03. The van der Waals surface area contributed by atoms with Crippen molar-refractivity contribution < 1.29 is 0 Å². The lowest BCUT2D eigenvalue weighted by molar-refractivity contribution is 0.593. The Labute approximate surface area is 138 Å². The van der Waals surface area contributed by atoms with Gasteiger partial charge < -0.3 is 10.6 Å². The van der Waals surface area contributed by atoms with Crippen molar-refractivity contribution in [1.29, 1.82) is 0 Å². The fourth-order valence-electron chi connectivity index (χ4n) is 3.63. The van der Waals surface area contributed by atoms with Crippen molar-refractivity contribution in [3.63, 3.8) is 0 Å². The molecule has 1 unspecified atom stereocenters. The predicted molar refractivity (Wildman–Crippen MR) is 95.7 cm³/mol. The van der Waals surface area contributed by atoms with E-state index in [-0.39, 0.29) is 0 Å². The van der Waals surface area contributed by atoms with Crippen LogP contribution < -0.4 is 10.6 Å². The lowest BCUT2D eigenvalue weighted by Gasteiger charge is -2.32. The van der Waals surface area contributed by atoms with Gasteiger partial charge in [-0.3, -0.25) is 0 Å². The zero-order chi connectivity index (χ0) is 16.4. The Morgan fingerprint density at radius 2 is 1.87 bits per heavy atom. The third-order valence-electron chi connectivity index (χ3n) is 4.69. The number of rotatable bonds is 2. The second-order valence-electron chi connectivity index (χ2n) is 6.64. The van der Waals surface area contributed by atoms with E-state index in [0.717, 1.165) is 24.5 Å². The number of nitrogens with two attached hydrogens (primary N) is 1. The van der Waals surface area contributed by atoms with Gasteiger partial charge in [-0.15, -0.1) is 0 Å². The molecular formula is C19H26N4. The largest absolute Gasteiger partial charge is 0.368 e. The molecule has 0 saturated carbocycles. The molecule has 1 saturated heterocycles. The molecule has 2 N–H and O–H groups in total. The van der Waals surface area contributed by atoms with Gasteiger partial charge >= 0.3 is 0 Å². The molecule has 1 atom stereocenters. The molecule has 0 bridgehead atoms. The molecule has 4 nitrogen and oxygen atoms in total. The second-order valence-corrected chi connectivity index (χ2v) is 6.64. The first-order chi connectivity index (χ1) is 11.0. The minimum atomic E-state index is 0.364. The number of hydrogen-bond acceptors (Lipinski definition) is 4. The monoisotopic (exact) mass is 310 g/mol. The molecule has 0 spiro atoms. The topological polar surface area (TPSA) is 55.0 Å². The van der Waals surface area contributed by atoms with Gasteiger partial charge in [0.2, 0.25) is 5.95 Å². The second kappa shape index (κ2) is 6.57. The van der Waals surface area contributed by atoms with E-state index in [2.05, 4.69) is 53.0 Å². The Kier molecular flexibility index (Phi) is 4.51. The third-order valence-corrected chi connectivity index (χ3v) is 4.69. The van der Waals surface area contributed by atoms with Gasteiger partial charge in [0.25, 0.3) is 0 Å². The minimum Gasteiger partial charge on any atom is -0.368 e. The molecule has 2 aromatic rings. The molecule has 0 radical (unpaired) electrons. The maximum absolute atomic E-state index is 5.89. The summed E-state index contributed by atoms with van der Waals surface area (Å²) in [4.78, 5) is 11.2. The summed E-state index contributed by atoms with van der Waals surface area (Å²) in [6.45, 7) is 7.36. The fourth-order valence-corrected chi connectivity index (χ4v) is 3.63. The molecule has 122 valence electrons. The van der Waals surface area contributed by atoms with E-state index in [1.807, 2.05) is 6.92 Å². The first kappa shape index (κ1) is 15.8. The summed E-state index contributed by atoms with van der Waals surface area (Å²) in [6, 6.07) is 9.19. The van der Waals surface area contributed by atoms with E-state index in [9.17, 15) is 0 Å². The standard InChI is InChI=1S/C19H26N4/c1-13-8-9-16(14(2)11-13)17-7-5-4-6-10-23(17)18-12-15(3)21-19(20)22-18/h8-9,11-12,17H,4-7,10H2,1-3H3,(H2,20,21,22). The van der Waals surface area contributed by atoms with Crippen molar-refractivity contribution in [3.05, 3.63) is 46.6 Å². The number of benzene rings is 1. The fraction of sp³-hybridized carbons (Fsp3) is 0.474. The van der Waals surface area contributed by atoms with Crippen LogP contribution in [-0.2, 0) is 0 Å². The molecule has 1 fully saturated rings. The maximum Gasteiger partial charge on any atom is 0.222 e. The number of aromatic nitrogens is 2. The van der Waals surface area contributed by atoms with Crippen LogP contribution in [0.3, 0.4) is 0 Å². The highest BCUT2D eigenvalue weighted by Crippen LogP contribution is 2.35. The molecule has 0 amide bonds. The van der Waals surface area contributed by atoms with Crippen molar-refractivity contribution in [2.75, 3.05) is 17.2 Å². The summed E-state index contributed by atoms with van der Waals surface area (Å²) in [7, 11) is 0. The van der Waals surface area contributed by atoms with Crippen LogP contribution in [0.15, 0.2) is 24.3 Å². The summed E-state index contributed by atoms with van der Waals surface area (Å²) in [5.41, 5.74) is 10.9. The Bertz CT molecular complexity index is 676. The van der Waals surface area contributed by atoms with Gasteiger partial charge in [-0.1, -0.05) is 36.6 Å². The van der Waals surface area contributed by atoms with Crippen LogP contribution in [0.5, 0.6) is 0 Å². The first-order valence-electron chi connectivity index (χ1n) is 8.49. The van der Waals surface area contributed by atoms with E-state index in [1.165, 1.54) is 36.0 Å². The SMILES string of the molecule is Cc1ccc(C2CCCCCN2c2cc(C)nc(N)n2)c(C)c1.